The number of hydrogen-bond acceptors (Lipinski definition) is 6. The monoisotopic (exact) mass is 1140 g/mol. The Morgan fingerprint density at radius 2 is 0.400 bits per heavy atom. The molecule has 0 heterocycles. The largest absolute Gasteiger partial charge is 0.394 e. The molecule has 0 aliphatic rings. The van der Waals surface area contributed by atoms with Gasteiger partial charge >= 0.3 is 0 Å². The van der Waals surface area contributed by atoms with Crippen molar-refractivity contribution in [3.05, 3.63) is 0 Å². The molecular weight excluding hydrogens is 985 g/mol. The van der Waals surface area contributed by atoms with E-state index in [1.165, 1.54) is 270 Å². The summed E-state index contributed by atoms with van der Waals surface area (Å²) in [4.78, 5) is 0. The number of hydrogen-bond donors (Lipinski definition) is 2. The van der Waals surface area contributed by atoms with Gasteiger partial charge < -0.3 is 29.2 Å². The summed E-state index contributed by atoms with van der Waals surface area (Å²) >= 11 is 0. The molecule has 2 N–H and O–H groups in total. The first kappa shape index (κ1) is 79.8. The fourth-order valence-corrected chi connectivity index (χ4v) is 12.1. The molecule has 482 valence electrons. The van der Waals surface area contributed by atoms with Crippen LogP contribution in [0.3, 0.4) is 0 Å². The van der Waals surface area contributed by atoms with Crippen molar-refractivity contribution in [2.24, 2.45) is 47.3 Å². The molecule has 8 atom stereocenters. The van der Waals surface area contributed by atoms with Crippen LogP contribution in [0.4, 0.5) is 0 Å². The van der Waals surface area contributed by atoms with Crippen LogP contribution in [0.2, 0.25) is 0 Å². The highest BCUT2D eigenvalue weighted by molar-refractivity contribution is 4.65. The van der Waals surface area contributed by atoms with Gasteiger partial charge in [-0.25, -0.2) is 0 Å². The molecule has 0 bridgehead atoms. The zero-order valence-corrected chi connectivity index (χ0v) is 56.5. The van der Waals surface area contributed by atoms with Crippen molar-refractivity contribution in [3.8, 4) is 0 Å². The molecule has 0 spiro atoms. The molecule has 8 unspecified atom stereocenters. The first-order chi connectivity index (χ1) is 38.9. The quantitative estimate of drug-likeness (QED) is 0.0591. The summed E-state index contributed by atoms with van der Waals surface area (Å²) in [5.41, 5.74) is 0. The third-order valence-electron chi connectivity index (χ3n) is 18.3. The molecule has 0 saturated carbocycles. The maximum atomic E-state index is 9.82. The molecule has 0 radical (unpaired) electrons. The van der Waals surface area contributed by atoms with Crippen molar-refractivity contribution in [3.63, 3.8) is 0 Å². The normalized spacial score (nSPS) is 15.2. The summed E-state index contributed by atoms with van der Waals surface area (Å²) in [5, 5.41) is 19.6. The number of ether oxygens (including phenoxy) is 4. The number of aliphatic hydroxyl groups excluding tert-OH is 2. The van der Waals surface area contributed by atoms with Crippen LogP contribution >= 0.6 is 0 Å². The lowest BCUT2D eigenvalue weighted by molar-refractivity contribution is -0.0459. The second kappa shape index (κ2) is 61.8. The lowest BCUT2D eigenvalue weighted by Crippen LogP contribution is -2.25. The van der Waals surface area contributed by atoms with Gasteiger partial charge in [0.25, 0.3) is 0 Å². The third kappa shape index (κ3) is 60.9. The average Bonchev–Trinajstić information content (AvgIpc) is 3.42. The van der Waals surface area contributed by atoms with Gasteiger partial charge in [-0.2, -0.15) is 0 Å². The zero-order valence-electron chi connectivity index (χ0n) is 56.5. The third-order valence-corrected chi connectivity index (χ3v) is 18.3. The predicted molar refractivity (Wildman–Crippen MR) is 352 cm³/mol. The van der Waals surface area contributed by atoms with Gasteiger partial charge in [-0.05, 0) is 73.0 Å². The highest BCUT2D eigenvalue weighted by Gasteiger charge is 2.14. The molecule has 0 fully saturated rings. The van der Waals surface area contributed by atoms with E-state index in [1.807, 2.05) is 0 Å². The van der Waals surface area contributed by atoms with E-state index in [0.717, 1.165) is 87.6 Å². The van der Waals surface area contributed by atoms with Crippen LogP contribution in [0.1, 0.15) is 365 Å². The van der Waals surface area contributed by atoms with Gasteiger partial charge in [0.05, 0.1) is 26.4 Å². The van der Waals surface area contributed by atoms with Crippen LogP contribution in [0.15, 0.2) is 0 Å². The Morgan fingerprint density at radius 1 is 0.212 bits per heavy atom. The Hall–Kier alpha value is -0.240. The lowest BCUT2D eigenvalue weighted by Gasteiger charge is -2.18. The maximum Gasteiger partial charge on any atom is 0.104 e. The van der Waals surface area contributed by atoms with Gasteiger partial charge in [-0.15, -0.1) is 0 Å². The van der Waals surface area contributed by atoms with Gasteiger partial charge in [0.1, 0.15) is 12.2 Å². The molecule has 0 saturated heterocycles. The SMILES string of the molecule is CC(C)CCCC(C)CCCC(C)CCCC(C)CCOC(CO)COCCCCCCCCCCCCCCCCCCCCCCCCCCCCOCC(CO)OCCC(C)CCCC(C)CCCC(C)CCCC(C)C. The summed E-state index contributed by atoms with van der Waals surface area (Å²) in [6.45, 7) is 28.1. The van der Waals surface area contributed by atoms with Crippen molar-refractivity contribution in [1.29, 1.82) is 0 Å². The Balaban J connectivity index is 3.43. The van der Waals surface area contributed by atoms with Gasteiger partial charge in [0.2, 0.25) is 0 Å². The zero-order chi connectivity index (χ0) is 58.8. The van der Waals surface area contributed by atoms with Crippen LogP contribution in [0, 0.1) is 47.3 Å². The minimum absolute atomic E-state index is 0.0504. The summed E-state index contributed by atoms with van der Waals surface area (Å²) < 4.78 is 23.8. The van der Waals surface area contributed by atoms with E-state index in [0.29, 0.717) is 25.0 Å². The van der Waals surface area contributed by atoms with Gasteiger partial charge in [-0.1, -0.05) is 339 Å². The van der Waals surface area contributed by atoms with Crippen LogP contribution in [-0.4, -0.2) is 75.3 Å². The summed E-state index contributed by atoms with van der Waals surface area (Å²) in [7, 11) is 0. The fourth-order valence-electron chi connectivity index (χ4n) is 12.1. The van der Waals surface area contributed by atoms with Gasteiger partial charge in [0.15, 0.2) is 0 Å². The first-order valence-electron chi connectivity index (χ1n) is 36.5. The second-order valence-corrected chi connectivity index (χ2v) is 28.3. The molecule has 6 nitrogen and oxygen atoms in total. The minimum atomic E-state index is -0.182. The molecule has 0 aliphatic carbocycles. The lowest BCUT2D eigenvalue weighted by atomic mass is 9.91. The first-order valence-corrected chi connectivity index (χ1v) is 36.5. The molecule has 0 amide bonds. The van der Waals surface area contributed by atoms with E-state index >= 15 is 0 Å². The molecule has 0 aromatic rings. The highest BCUT2D eigenvalue weighted by Crippen LogP contribution is 2.25. The number of rotatable bonds is 67. The molecular formula is C74H150O6. The molecule has 80 heavy (non-hydrogen) atoms. The van der Waals surface area contributed by atoms with Crippen molar-refractivity contribution in [2.75, 3.05) is 52.9 Å². The molecule has 0 rings (SSSR count). The van der Waals surface area contributed by atoms with Crippen LogP contribution < -0.4 is 0 Å². The molecule has 0 aromatic heterocycles. The fraction of sp³-hybridized carbons (Fsp3) is 1.00. The number of aliphatic hydroxyl groups is 2. The Labute approximate surface area is 503 Å². The maximum absolute atomic E-state index is 9.82. The number of unbranched alkanes of at least 4 members (excludes halogenated alkanes) is 25. The predicted octanol–water partition coefficient (Wildman–Crippen LogP) is 22.8. The van der Waals surface area contributed by atoms with E-state index < -0.39 is 0 Å². The summed E-state index contributed by atoms with van der Waals surface area (Å²) in [5.74, 6) is 6.52. The van der Waals surface area contributed by atoms with Crippen molar-refractivity contribution >= 4 is 0 Å². The van der Waals surface area contributed by atoms with E-state index in [4.69, 9.17) is 18.9 Å². The van der Waals surface area contributed by atoms with Gasteiger partial charge in [-0.3, -0.25) is 0 Å². The topological polar surface area (TPSA) is 77.4 Å². The molecule has 0 aromatic carbocycles. The Morgan fingerprint density at radius 3 is 0.600 bits per heavy atom. The second-order valence-electron chi connectivity index (χ2n) is 28.3. The Kier molecular flexibility index (Phi) is 61.6. The standard InChI is InChI=1S/C74H150O6/c1-65(2)43-37-45-67(5)47-39-49-69(7)51-41-53-71(9)55-59-79-73(61-75)63-77-57-35-33-31-29-27-25-23-21-19-17-15-13-11-12-14-16-18-20-22-24-26-28-30-32-34-36-58-78-64-74(62-76)80-60-56-72(10)54-42-52-70(8)50-40-48-68(6)46-38-44-66(3)4/h65-76H,11-64H2,1-10H3. The van der Waals surface area contributed by atoms with Gasteiger partial charge in [0, 0.05) is 26.4 Å². The van der Waals surface area contributed by atoms with Crippen molar-refractivity contribution in [2.45, 2.75) is 377 Å². The van der Waals surface area contributed by atoms with Crippen LogP contribution in [0.5, 0.6) is 0 Å². The van der Waals surface area contributed by atoms with E-state index in [1.54, 1.807) is 0 Å². The minimum Gasteiger partial charge on any atom is -0.394 e. The van der Waals surface area contributed by atoms with E-state index in [-0.39, 0.29) is 25.4 Å². The highest BCUT2D eigenvalue weighted by atomic mass is 16.5. The smallest absolute Gasteiger partial charge is 0.104 e. The van der Waals surface area contributed by atoms with E-state index in [2.05, 4.69) is 69.2 Å². The average molecular weight is 1140 g/mol. The van der Waals surface area contributed by atoms with E-state index in [9.17, 15) is 10.2 Å². The van der Waals surface area contributed by atoms with Crippen LogP contribution in [-0.2, 0) is 18.9 Å². The summed E-state index contributed by atoms with van der Waals surface area (Å²) in [6, 6.07) is 0. The molecule has 0 aliphatic heterocycles. The summed E-state index contributed by atoms with van der Waals surface area (Å²) in [6.07, 6.45) is 62.3. The Bertz CT molecular complexity index is 1080. The van der Waals surface area contributed by atoms with Crippen molar-refractivity contribution in [1.82, 2.24) is 0 Å². The van der Waals surface area contributed by atoms with Crippen molar-refractivity contribution < 1.29 is 29.2 Å². The molecule has 6 heteroatoms. The van der Waals surface area contributed by atoms with Crippen LogP contribution in [0.25, 0.3) is 0 Å².